The molecule has 0 amide bonds. The van der Waals surface area contributed by atoms with E-state index in [2.05, 4.69) is 46.1 Å². The predicted octanol–water partition coefficient (Wildman–Crippen LogP) is 1.92. The van der Waals surface area contributed by atoms with Gasteiger partial charge in [-0.25, -0.2) is 0 Å². The Morgan fingerprint density at radius 3 is 2.76 bits per heavy atom. The maximum Gasteiger partial charge on any atom is 0.0454 e. The van der Waals surface area contributed by atoms with E-state index in [1.165, 1.54) is 42.6 Å². The summed E-state index contributed by atoms with van der Waals surface area (Å²) >= 11 is 0. The second-order valence-electron chi connectivity index (χ2n) is 4.98. The fraction of sp³-hybridized carbons (Fsp3) is 0.429. The molecule has 1 fully saturated rings. The van der Waals surface area contributed by atoms with Crippen molar-refractivity contribution in [1.29, 1.82) is 0 Å². The first-order chi connectivity index (χ1) is 8.31. The quantitative estimate of drug-likeness (QED) is 0.850. The minimum atomic E-state index is 1.08. The number of nitrogens with zero attached hydrogens (tertiary/aromatic N) is 2. The third-order valence-electron chi connectivity index (χ3n) is 3.62. The highest BCUT2D eigenvalue weighted by Crippen LogP contribution is 2.16. The highest BCUT2D eigenvalue weighted by molar-refractivity contribution is 5.79. The Labute approximate surface area is 102 Å². The van der Waals surface area contributed by atoms with E-state index < -0.39 is 0 Å². The normalized spacial score (nSPS) is 18.9. The number of hydrogen-bond donors (Lipinski definition) is 1. The molecule has 1 aromatic heterocycles. The molecule has 1 saturated heterocycles. The molecule has 0 spiro atoms. The van der Waals surface area contributed by atoms with Gasteiger partial charge in [-0.1, -0.05) is 6.07 Å². The Morgan fingerprint density at radius 2 is 1.94 bits per heavy atom. The molecular weight excluding hydrogens is 210 g/mol. The summed E-state index contributed by atoms with van der Waals surface area (Å²) in [5, 5.41) is 1.32. The summed E-state index contributed by atoms with van der Waals surface area (Å²) in [4.78, 5) is 8.17. The molecule has 17 heavy (non-hydrogen) atoms. The molecule has 0 unspecified atom stereocenters. The van der Waals surface area contributed by atoms with Crippen LogP contribution in [-0.4, -0.2) is 48.0 Å². The van der Waals surface area contributed by atoms with Gasteiger partial charge < -0.3 is 9.88 Å². The van der Waals surface area contributed by atoms with Crippen LogP contribution in [0.5, 0.6) is 0 Å². The fourth-order valence-corrected chi connectivity index (χ4v) is 2.47. The molecule has 1 aliphatic heterocycles. The summed E-state index contributed by atoms with van der Waals surface area (Å²) in [5.74, 6) is 0. The van der Waals surface area contributed by atoms with Crippen molar-refractivity contribution in [3.63, 3.8) is 0 Å². The van der Waals surface area contributed by atoms with Crippen LogP contribution < -0.4 is 0 Å². The van der Waals surface area contributed by atoms with E-state index in [9.17, 15) is 0 Å². The van der Waals surface area contributed by atoms with E-state index in [4.69, 9.17) is 0 Å². The van der Waals surface area contributed by atoms with Gasteiger partial charge >= 0.3 is 0 Å². The second-order valence-corrected chi connectivity index (χ2v) is 4.98. The van der Waals surface area contributed by atoms with E-state index in [1.807, 2.05) is 6.20 Å². The van der Waals surface area contributed by atoms with Crippen molar-refractivity contribution in [2.45, 2.75) is 6.54 Å². The van der Waals surface area contributed by atoms with E-state index in [0.29, 0.717) is 0 Å². The molecule has 1 N–H and O–H groups in total. The Hall–Kier alpha value is -1.32. The number of fused-ring (bicyclic) bond motifs is 1. The van der Waals surface area contributed by atoms with Gasteiger partial charge in [0, 0.05) is 44.4 Å². The highest BCUT2D eigenvalue weighted by atomic mass is 15.2. The van der Waals surface area contributed by atoms with Crippen LogP contribution in [0.3, 0.4) is 0 Å². The first kappa shape index (κ1) is 10.8. The molecule has 1 aliphatic rings. The summed E-state index contributed by atoms with van der Waals surface area (Å²) in [5.41, 5.74) is 2.65. The van der Waals surface area contributed by atoms with Crippen LogP contribution in [0.2, 0.25) is 0 Å². The van der Waals surface area contributed by atoms with E-state index in [1.54, 1.807) is 0 Å². The Bertz CT molecular complexity index is 495. The molecule has 1 aromatic carbocycles. The molecule has 0 atom stereocenters. The lowest BCUT2D eigenvalue weighted by atomic mass is 10.1. The van der Waals surface area contributed by atoms with Crippen LogP contribution in [0.4, 0.5) is 0 Å². The molecule has 2 heterocycles. The van der Waals surface area contributed by atoms with Gasteiger partial charge in [0.1, 0.15) is 0 Å². The van der Waals surface area contributed by atoms with Gasteiger partial charge in [0.15, 0.2) is 0 Å². The van der Waals surface area contributed by atoms with Gasteiger partial charge in [0.05, 0.1) is 0 Å². The standard InChI is InChI=1S/C14H19N3/c1-16-6-8-17(9-7-16)11-12-2-3-14-13(10-12)4-5-15-14/h2-5,10,15H,6-9,11H2,1H3. The number of H-pyrrole nitrogens is 1. The van der Waals surface area contributed by atoms with Crippen LogP contribution in [0, 0.1) is 0 Å². The maximum absolute atomic E-state index is 3.24. The molecule has 90 valence electrons. The molecule has 3 rings (SSSR count). The van der Waals surface area contributed by atoms with Gasteiger partial charge in [-0.3, -0.25) is 4.90 Å². The van der Waals surface area contributed by atoms with Gasteiger partial charge in [0.2, 0.25) is 0 Å². The van der Waals surface area contributed by atoms with Crippen molar-refractivity contribution in [3.8, 4) is 0 Å². The van der Waals surface area contributed by atoms with Crippen LogP contribution in [0.1, 0.15) is 5.56 Å². The lowest BCUT2D eigenvalue weighted by Gasteiger charge is -2.32. The van der Waals surface area contributed by atoms with Crippen molar-refractivity contribution < 1.29 is 0 Å². The monoisotopic (exact) mass is 229 g/mol. The van der Waals surface area contributed by atoms with E-state index >= 15 is 0 Å². The van der Waals surface area contributed by atoms with Crippen LogP contribution in [0.25, 0.3) is 10.9 Å². The maximum atomic E-state index is 3.24. The summed E-state index contributed by atoms with van der Waals surface area (Å²) in [6, 6.07) is 8.85. The van der Waals surface area contributed by atoms with Crippen molar-refractivity contribution in [2.24, 2.45) is 0 Å². The zero-order valence-corrected chi connectivity index (χ0v) is 10.3. The first-order valence-electron chi connectivity index (χ1n) is 6.28. The van der Waals surface area contributed by atoms with E-state index in [0.717, 1.165) is 6.54 Å². The third-order valence-corrected chi connectivity index (χ3v) is 3.62. The summed E-state index contributed by atoms with van der Waals surface area (Å²) < 4.78 is 0. The number of aromatic nitrogens is 1. The van der Waals surface area contributed by atoms with Gasteiger partial charge in [0.25, 0.3) is 0 Å². The summed E-state index contributed by atoms with van der Waals surface area (Å²) in [7, 11) is 2.20. The Kier molecular flexibility index (Phi) is 2.87. The van der Waals surface area contributed by atoms with Gasteiger partial charge in [-0.05, 0) is 36.2 Å². The summed E-state index contributed by atoms with van der Waals surface area (Å²) in [6.07, 6.45) is 2.00. The lowest BCUT2D eigenvalue weighted by molar-refractivity contribution is 0.148. The number of aromatic amines is 1. The molecule has 0 saturated carbocycles. The molecule has 2 aromatic rings. The Morgan fingerprint density at radius 1 is 1.12 bits per heavy atom. The lowest BCUT2D eigenvalue weighted by Crippen LogP contribution is -2.43. The third kappa shape index (κ3) is 2.35. The average Bonchev–Trinajstić information content (AvgIpc) is 2.79. The van der Waals surface area contributed by atoms with Gasteiger partial charge in [-0.2, -0.15) is 0 Å². The second kappa shape index (κ2) is 4.51. The van der Waals surface area contributed by atoms with E-state index in [-0.39, 0.29) is 0 Å². The number of hydrogen-bond acceptors (Lipinski definition) is 2. The number of piperazine rings is 1. The SMILES string of the molecule is CN1CCN(Cc2ccc3[nH]ccc3c2)CC1. The number of rotatable bonds is 2. The van der Waals surface area contributed by atoms with Gasteiger partial charge in [-0.15, -0.1) is 0 Å². The molecular formula is C14H19N3. The smallest absolute Gasteiger partial charge is 0.0454 e. The average molecular weight is 229 g/mol. The largest absolute Gasteiger partial charge is 0.361 e. The van der Waals surface area contributed by atoms with Crippen molar-refractivity contribution in [2.75, 3.05) is 33.2 Å². The fourth-order valence-electron chi connectivity index (χ4n) is 2.47. The van der Waals surface area contributed by atoms with Crippen LogP contribution in [-0.2, 0) is 6.54 Å². The van der Waals surface area contributed by atoms with Crippen LogP contribution >= 0.6 is 0 Å². The van der Waals surface area contributed by atoms with Crippen molar-refractivity contribution >= 4 is 10.9 Å². The number of likely N-dealkylation sites (N-methyl/N-ethyl adjacent to an activating group) is 1. The number of nitrogens with one attached hydrogen (secondary N) is 1. The molecule has 0 bridgehead atoms. The van der Waals surface area contributed by atoms with Crippen molar-refractivity contribution in [3.05, 3.63) is 36.0 Å². The molecule has 3 heteroatoms. The minimum absolute atomic E-state index is 1.08. The molecule has 0 radical (unpaired) electrons. The first-order valence-corrected chi connectivity index (χ1v) is 6.28. The number of benzene rings is 1. The minimum Gasteiger partial charge on any atom is -0.361 e. The molecule has 3 nitrogen and oxygen atoms in total. The Balaban J connectivity index is 1.71. The van der Waals surface area contributed by atoms with Crippen molar-refractivity contribution in [1.82, 2.24) is 14.8 Å². The van der Waals surface area contributed by atoms with Crippen LogP contribution in [0.15, 0.2) is 30.5 Å². The topological polar surface area (TPSA) is 22.3 Å². The zero-order chi connectivity index (χ0) is 11.7. The zero-order valence-electron chi connectivity index (χ0n) is 10.3. The predicted molar refractivity (Wildman–Crippen MR) is 71.1 cm³/mol. The molecule has 0 aliphatic carbocycles. The highest BCUT2D eigenvalue weighted by Gasteiger charge is 2.13. The summed E-state index contributed by atoms with van der Waals surface area (Å²) in [6.45, 7) is 5.82.